The van der Waals surface area contributed by atoms with Gasteiger partial charge in [0.15, 0.2) is 0 Å². The second-order valence-corrected chi connectivity index (χ2v) is 4.41. The number of nitrogens with two attached hydrogens (primary N) is 1. The molecule has 1 aromatic carbocycles. The second-order valence-electron chi connectivity index (χ2n) is 2.16. The quantitative estimate of drug-likeness (QED) is 0.582. The van der Waals surface area contributed by atoms with E-state index in [0.29, 0.717) is 5.69 Å². The Kier molecular flexibility index (Phi) is 2.41. The summed E-state index contributed by atoms with van der Waals surface area (Å²) < 4.78 is 30.2. The lowest BCUT2D eigenvalue weighted by Gasteiger charge is -2.00. The fourth-order valence-electron chi connectivity index (χ4n) is 0.726. The largest absolute Gasteiger partial charge is 0.399 e. The molecule has 0 saturated heterocycles. The van der Waals surface area contributed by atoms with E-state index in [4.69, 9.17) is 10.3 Å². The highest BCUT2D eigenvalue weighted by Gasteiger charge is 2.13. The summed E-state index contributed by atoms with van der Waals surface area (Å²) in [5.41, 5.74) is 5.79. The Morgan fingerprint density at radius 3 is 2.42 bits per heavy atom. The topological polar surface area (TPSA) is 80.4 Å². The van der Waals surface area contributed by atoms with Crippen molar-refractivity contribution in [2.75, 3.05) is 5.73 Å². The minimum Gasteiger partial charge on any atom is -0.399 e. The average molecular weight is 252 g/mol. The number of rotatable bonds is 1. The molecule has 4 nitrogen and oxygen atoms in total. The number of benzene rings is 1. The molecule has 0 radical (unpaired) electrons. The highest BCUT2D eigenvalue weighted by molar-refractivity contribution is 9.10. The molecule has 6 heteroatoms. The third-order valence-electron chi connectivity index (χ3n) is 1.23. The van der Waals surface area contributed by atoms with E-state index in [9.17, 15) is 8.42 Å². The minimum atomic E-state index is -4.15. The molecular weight excluding hydrogens is 246 g/mol. The van der Waals surface area contributed by atoms with Gasteiger partial charge in [-0.15, -0.1) is 0 Å². The number of anilines is 1. The normalized spacial score (nSPS) is 11.5. The standard InChI is InChI=1S/C6H6BrNO3S/c7-5-3-4(8)1-2-6(5)12(9,10)11/h1-3H,8H2,(H,9,10,11). The molecule has 0 unspecified atom stereocenters. The van der Waals surface area contributed by atoms with Gasteiger partial charge in [-0.1, -0.05) is 0 Å². The van der Waals surface area contributed by atoms with Crippen LogP contribution in [0.2, 0.25) is 0 Å². The summed E-state index contributed by atoms with van der Waals surface area (Å²) in [4.78, 5) is -0.184. The van der Waals surface area contributed by atoms with E-state index in [-0.39, 0.29) is 9.37 Å². The molecule has 0 atom stereocenters. The summed E-state index contributed by atoms with van der Waals surface area (Å²) in [5, 5.41) is 0. The van der Waals surface area contributed by atoms with Crippen molar-refractivity contribution in [1.29, 1.82) is 0 Å². The first-order chi connectivity index (χ1) is 5.41. The lowest BCUT2D eigenvalue weighted by atomic mass is 10.3. The van der Waals surface area contributed by atoms with Gasteiger partial charge < -0.3 is 5.73 Å². The van der Waals surface area contributed by atoms with Crippen LogP contribution in [0.3, 0.4) is 0 Å². The summed E-state index contributed by atoms with van der Waals surface area (Å²) in [7, 11) is -4.15. The fraction of sp³-hybridized carbons (Fsp3) is 0. The van der Waals surface area contributed by atoms with Crippen LogP contribution in [0.4, 0.5) is 5.69 Å². The van der Waals surface area contributed by atoms with Gasteiger partial charge in [0.25, 0.3) is 10.1 Å². The van der Waals surface area contributed by atoms with Crippen LogP contribution in [0.15, 0.2) is 27.6 Å². The molecule has 0 spiro atoms. The zero-order valence-corrected chi connectivity index (χ0v) is 8.26. The zero-order chi connectivity index (χ0) is 9.35. The van der Waals surface area contributed by atoms with Crippen LogP contribution in [0.25, 0.3) is 0 Å². The summed E-state index contributed by atoms with van der Waals surface area (Å²) in [5.74, 6) is 0. The molecule has 1 aromatic rings. The maximum Gasteiger partial charge on any atom is 0.295 e. The summed E-state index contributed by atoms with van der Waals surface area (Å²) in [6.45, 7) is 0. The molecule has 1 rings (SSSR count). The molecule has 0 amide bonds. The number of halogens is 1. The van der Waals surface area contributed by atoms with E-state index < -0.39 is 10.1 Å². The Labute approximate surface area is 78.3 Å². The molecule has 3 N–H and O–H groups in total. The Hall–Kier alpha value is -0.590. The van der Waals surface area contributed by atoms with Crippen molar-refractivity contribution < 1.29 is 13.0 Å². The van der Waals surface area contributed by atoms with Gasteiger partial charge >= 0.3 is 0 Å². The third kappa shape index (κ3) is 1.96. The molecule has 0 bridgehead atoms. The van der Waals surface area contributed by atoms with Crippen molar-refractivity contribution in [3.8, 4) is 0 Å². The van der Waals surface area contributed by atoms with Crippen LogP contribution < -0.4 is 5.73 Å². The molecule has 0 fully saturated rings. The number of hydrogen-bond donors (Lipinski definition) is 2. The summed E-state index contributed by atoms with van der Waals surface area (Å²) in [6.07, 6.45) is 0. The predicted molar refractivity (Wildman–Crippen MR) is 48.4 cm³/mol. The smallest absolute Gasteiger partial charge is 0.295 e. The highest BCUT2D eigenvalue weighted by atomic mass is 79.9. The first-order valence-corrected chi connectivity index (χ1v) is 5.17. The van der Waals surface area contributed by atoms with E-state index in [1.807, 2.05) is 0 Å². The maximum atomic E-state index is 10.6. The van der Waals surface area contributed by atoms with Gasteiger partial charge in [-0.05, 0) is 34.1 Å². The monoisotopic (exact) mass is 251 g/mol. The van der Waals surface area contributed by atoms with Crippen molar-refractivity contribution >= 4 is 31.7 Å². The third-order valence-corrected chi connectivity index (χ3v) is 3.06. The Morgan fingerprint density at radius 2 is 2.00 bits per heavy atom. The van der Waals surface area contributed by atoms with Crippen molar-refractivity contribution in [3.63, 3.8) is 0 Å². The molecule has 0 aliphatic rings. The van der Waals surface area contributed by atoms with Crippen LogP contribution >= 0.6 is 15.9 Å². The predicted octanol–water partition coefficient (Wildman–Crippen LogP) is 1.28. The van der Waals surface area contributed by atoms with Crippen molar-refractivity contribution in [3.05, 3.63) is 22.7 Å². The van der Waals surface area contributed by atoms with Gasteiger partial charge in [-0.25, -0.2) is 0 Å². The lowest BCUT2D eigenvalue weighted by Crippen LogP contribution is -1.99. The average Bonchev–Trinajstić information content (AvgIpc) is 1.83. The highest BCUT2D eigenvalue weighted by Crippen LogP contribution is 2.23. The van der Waals surface area contributed by atoms with Crippen molar-refractivity contribution in [1.82, 2.24) is 0 Å². The zero-order valence-electron chi connectivity index (χ0n) is 5.86. The van der Waals surface area contributed by atoms with Gasteiger partial charge in [0.05, 0.1) is 0 Å². The SMILES string of the molecule is Nc1ccc(S(=O)(=O)O)c(Br)c1. The molecule has 0 aliphatic carbocycles. The summed E-state index contributed by atoms with van der Waals surface area (Å²) >= 11 is 2.96. The minimum absolute atomic E-state index is 0.184. The van der Waals surface area contributed by atoms with Gasteiger partial charge in [0.2, 0.25) is 0 Å². The Balaban J connectivity index is 3.39. The number of nitrogen functional groups attached to an aromatic ring is 1. The molecule has 12 heavy (non-hydrogen) atoms. The van der Waals surface area contributed by atoms with E-state index >= 15 is 0 Å². The van der Waals surface area contributed by atoms with Crippen LogP contribution in [-0.4, -0.2) is 13.0 Å². The summed E-state index contributed by atoms with van der Waals surface area (Å²) in [6, 6.07) is 4.03. The van der Waals surface area contributed by atoms with E-state index in [1.165, 1.54) is 18.2 Å². The van der Waals surface area contributed by atoms with Crippen molar-refractivity contribution in [2.45, 2.75) is 4.90 Å². The van der Waals surface area contributed by atoms with E-state index in [1.54, 1.807) is 0 Å². The van der Waals surface area contributed by atoms with Gasteiger partial charge in [-0.3, -0.25) is 4.55 Å². The van der Waals surface area contributed by atoms with Crippen LogP contribution in [0.5, 0.6) is 0 Å². The van der Waals surface area contributed by atoms with Crippen molar-refractivity contribution in [2.24, 2.45) is 0 Å². The Morgan fingerprint density at radius 1 is 1.42 bits per heavy atom. The first kappa shape index (κ1) is 9.50. The molecule has 66 valence electrons. The molecule has 0 aliphatic heterocycles. The van der Waals surface area contributed by atoms with Gasteiger partial charge in [0, 0.05) is 10.2 Å². The molecule has 0 aromatic heterocycles. The molecule has 0 saturated carbocycles. The van der Waals surface area contributed by atoms with Gasteiger partial charge in [-0.2, -0.15) is 8.42 Å². The lowest BCUT2D eigenvalue weighted by molar-refractivity contribution is 0.482. The van der Waals surface area contributed by atoms with E-state index in [0.717, 1.165) is 0 Å². The Bertz CT molecular complexity index is 401. The molecule has 0 heterocycles. The maximum absolute atomic E-state index is 10.6. The first-order valence-electron chi connectivity index (χ1n) is 2.94. The molecular formula is C6H6BrNO3S. The number of hydrogen-bond acceptors (Lipinski definition) is 3. The van der Waals surface area contributed by atoms with Crippen LogP contribution in [0, 0.1) is 0 Å². The van der Waals surface area contributed by atoms with Crippen LogP contribution in [0.1, 0.15) is 0 Å². The second kappa shape index (κ2) is 3.04. The fourth-order valence-corrected chi connectivity index (χ4v) is 2.28. The van der Waals surface area contributed by atoms with E-state index in [2.05, 4.69) is 15.9 Å². The van der Waals surface area contributed by atoms with Gasteiger partial charge in [0.1, 0.15) is 4.90 Å². The van der Waals surface area contributed by atoms with Crippen LogP contribution in [-0.2, 0) is 10.1 Å².